The van der Waals surface area contributed by atoms with E-state index in [0.29, 0.717) is 18.7 Å². The van der Waals surface area contributed by atoms with Gasteiger partial charge in [0, 0.05) is 0 Å². The Morgan fingerprint density at radius 3 is 2.37 bits per heavy atom. The van der Waals surface area contributed by atoms with Crippen molar-refractivity contribution >= 4 is 21.9 Å². The van der Waals surface area contributed by atoms with Crippen molar-refractivity contribution in [1.82, 2.24) is 9.55 Å². The molecule has 138 valence electrons. The molecule has 27 heavy (non-hydrogen) atoms. The Hall–Kier alpha value is -2.93. The summed E-state index contributed by atoms with van der Waals surface area (Å²) in [4.78, 5) is 27.5. The summed E-state index contributed by atoms with van der Waals surface area (Å²) in [6.45, 7) is 0.650. The van der Waals surface area contributed by atoms with Gasteiger partial charge in [0.25, 0.3) is 5.56 Å². The number of aromatic nitrogens is 2. The number of rotatable bonds is 7. The molecule has 0 aliphatic carbocycles. The molecule has 3 aromatic rings. The number of benzene rings is 2. The van der Waals surface area contributed by atoms with Gasteiger partial charge in [0.2, 0.25) is 5.88 Å². The summed E-state index contributed by atoms with van der Waals surface area (Å²) >= 11 is 3.27. The molecule has 3 rings (SSSR count). The van der Waals surface area contributed by atoms with E-state index in [4.69, 9.17) is 9.84 Å². The molecule has 1 N–H and O–H groups in total. The van der Waals surface area contributed by atoms with Crippen LogP contribution in [0.1, 0.15) is 16.7 Å². The van der Waals surface area contributed by atoms with E-state index in [9.17, 15) is 9.59 Å². The molecule has 6 nitrogen and oxygen atoms in total. The second-order valence-corrected chi connectivity index (χ2v) is 6.75. The van der Waals surface area contributed by atoms with Crippen LogP contribution in [-0.2, 0) is 24.4 Å². The average molecular weight is 429 g/mol. The maximum atomic E-state index is 12.5. The van der Waals surface area contributed by atoms with Gasteiger partial charge < -0.3 is 9.84 Å². The number of hydrogen-bond donors (Lipinski definition) is 1. The first kappa shape index (κ1) is 18.8. The van der Waals surface area contributed by atoms with Crippen LogP contribution in [-0.4, -0.2) is 20.6 Å². The van der Waals surface area contributed by atoms with E-state index < -0.39 is 5.97 Å². The van der Waals surface area contributed by atoms with Crippen LogP contribution in [0.5, 0.6) is 5.88 Å². The van der Waals surface area contributed by atoms with Crippen molar-refractivity contribution < 1.29 is 14.6 Å². The highest BCUT2D eigenvalue weighted by Gasteiger charge is 2.11. The van der Waals surface area contributed by atoms with Crippen molar-refractivity contribution in [1.29, 1.82) is 0 Å². The lowest BCUT2D eigenvalue weighted by molar-refractivity contribution is -0.136. The minimum Gasteiger partial charge on any atom is -0.481 e. The maximum Gasteiger partial charge on any atom is 0.307 e. The van der Waals surface area contributed by atoms with Crippen LogP contribution in [0.2, 0.25) is 0 Å². The molecule has 0 radical (unpaired) electrons. The fourth-order valence-electron chi connectivity index (χ4n) is 2.52. The van der Waals surface area contributed by atoms with Gasteiger partial charge >= 0.3 is 5.97 Å². The lowest BCUT2D eigenvalue weighted by Crippen LogP contribution is -2.22. The largest absolute Gasteiger partial charge is 0.481 e. The Morgan fingerprint density at radius 2 is 1.70 bits per heavy atom. The van der Waals surface area contributed by atoms with Crippen molar-refractivity contribution in [2.24, 2.45) is 0 Å². The van der Waals surface area contributed by atoms with Crippen LogP contribution in [0.4, 0.5) is 0 Å². The first-order valence-electron chi connectivity index (χ1n) is 8.24. The standard InChI is InChI=1S/C20H17BrN2O4/c21-18-19(27-12-16-4-2-1-3-5-16)22-13-23(20(18)26)11-15-8-6-14(7-9-15)10-17(24)25/h1-9,13H,10-12H2,(H,24,25). The molecule has 2 aromatic carbocycles. The van der Waals surface area contributed by atoms with E-state index in [-0.39, 0.29) is 22.3 Å². The Labute approximate surface area is 164 Å². The Bertz CT molecular complexity index is 985. The lowest BCUT2D eigenvalue weighted by Gasteiger charge is -2.10. The quantitative estimate of drug-likeness (QED) is 0.624. The van der Waals surface area contributed by atoms with Crippen molar-refractivity contribution in [3.63, 3.8) is 0 Å². The minimum absolute atomic E-state index is 0.0270. The van der Waals surface area contributed by atoms with Gasteiger partial charge in [-0.15, -0.1) is 0 Å². The average Bonchev–Trinajstić information content (AvgIpc) is 2.67. The van der Waals surface area contributed by atoms with Gasteiger partial charge in [-0.1, -0.05) is 54.6 Å². The molecule has 0 aliphatic heterocycles. The second kappa shape index (κ2) is 8.64. The van der Waals surface area contributed by atoms with Gasteiger partial charge in [-0.25, -0.2) is 4.98 Å². The van der Waals surface area contributed by atoms with Crippen LogP contribution in [0.25, 0.3) is 0 Å². The highest BCUT2D eigenvalue weighted by atomic mass is 79.9. The summed E-state index contributed by atoms with van der Waals surface area (Å²) in [7, 11) is 0. The maximum absolute atomic E-state index is 12.5. The molecule has 0 aliphatic rings. The molecule has 7 heteroatoms. The van der Waals surface area contributed by atoms with E-state index in [2.05, 4.69) is 20.9 Å². The topological polar surface area (TPSA) is 81.4 Å². The smallest absolute Gasteiger partial charge is 0.307 e. The van der Waals surface area contributed by atoms with Crippen molar-refractivity contribution in [2.45, 2.75) is 19.6 Å². The predicted octanol–water partition coefficient (Wildman–Crippen LogP) is 3.26. The number of hydrogen-bond acceptors (Lipinski definition) is 4. The number of carboxylic acid groups (broad SMARTS) is 1. The molecular weight excluding hydrogens is 412 g/mol. The summed E-state index contributed by atoms with van der Waals surface area (Å²) in [6.07, 6.45) is 1.42. The molecule has 0 saturated heterocycles. The zero-order valence-corrected chi connectivity index (χ0v) is 15.9. The summed E-state index contributed by atoms with van der Waals surface area (Å²) in [5, 5.41) is 8.81. The van der Waals surface area contributed by atoms with Crippen LogP contribution in [0, 0.1) is 0 Å². The highest BCUT2D eigenvalue weighted by molar-refractivity contribution is 9.10. The number of nitrogens with zero attached hydrogens (tertiary/aromatic N) is 2. The zero-order chi connectivity index (χ0) is 19.2. The number of ether oxygens (including phenoxy) is 1. The van der Waals surface area contributed by atoms with Crippen LogP contribution < -0.4 is 10.3 Å². The van der Waals surface area contributed by atoms with Gasteiger partial charge in [-0.2, -0.15) is 0 Å². The molecular formula is C20H17BrN2O4. The highest BCUT2D eigenvalue weighted by Crippen LogP contribution is 2.18. The van der Waals surface area contributed by atoms with Crippen molar-refractivity contribution in [3.05, 3.63) is 92.4 Å². The summed E-state index contributed by atoms with van der Waals surface area (Å²) in [6, 6.07) is 16.7. The molecule has 0 unspecified atom stereocenters. The van der Waals surface area contributed by atoms with E-state index in [1.807, 2.05) is 30.3 Å². The third-order valence-corrected chi connectivity index (χ3v) is 4.58. The monoisotopic (exact) mass is 428 g/mol. The molecule has 0 saturated carbocycles. The zero-order valence-electron chi connectivity index (χ0n) is 14.3. The van der Waals surface area contributed by atoms with Gasteiger partial charge in [-0.3, -0.25) is 14.2 Å². The SMILES string of the molecule is O=C(O)Cc1ccc(Cn2cnc(OCc3ccccc3)c(Br)c2=O)cc1. The molecule has 0 bridgehead atoms. The van der Waals surface area contributed by atoms with E-state index >= 15 is 0 Å². The van der Waals surface area contributed by atoms with Gasteiger partial charge in [-0.05, 0) is 32.6 Å². The van der Waals surface area contributed by atoms with Crippen molar-refractivity contribution in [2.75, 3.05) is 0 Å². The Kier molecular flexibility index (Phi) is 6.03. The van der Waals surface area contributed by atoms with Crippen LogP contribution >= 0.6 is 15.9 Å². The lowest BCUT2D eigenvalue weighted by atomic mass is 10.1. The minimum atomic E-state index is -0.877. The molecule has 0 spiro atoms. The van der Waals surface area contributed by atoms with E-state index in [0.717, 1.165) is 11.1 Å². The number of halogens is 1. The summed E-state index contributed by atoms with van der Waals surface area (Å²) in [5.41, 5.74) is 2.32. The fourth-order valence-corrected chi connectivity index (χ4v) is 2.97. The normalized spacial score (nSPS) is 10.6. The van der Waals surface area contributed by atoms with Gasteiger partial charge in [0.1, 0.15) is 17.4 Å². The van der Waals surface area contributed by atoms with E-state index in [1.165, 1.54) is 10.9 Å². The Balaban J connectivity index is 1.71. The molecule has 1 aromatic heterocycles. The third kappa shape index (κ3) is 5.04. The number of carbonyl (C=O) groups is 1. The van der Waals surface area contributed by atoms with Gasteiger partial charge in [0.15, 0.2) is 0 Å². The second-order valence-electron chi connectivity index (χ2n) is 5.96. The predicted molar refractivity (Wildman–Crippen MR) is 104 cm³/mol. The molecule has 0 fully saturated rings. The summed E-state index contributed by atoms with van der Waals surface area (Å²) < 4.78 is 7.37. The molecule has 0 amide bonds. The first-order chi connectivity index (χ1) is 13.0. The molecule has 1 heterocycles. The summed E-state index contributed by atoms with van der Waals surface area (Å²) in [5.74, 6) is -0.630. The molecule has 0 atom stereocenters. The van der Waals surface area contributed by atoms with Crippen LogP contribution in [0.3, 0.4) is 0 Å². The van der Waals surface area contributed by atoms with Crippen LogP contribution in [0.15, 0.2) is 70.2 Å². The fraction of sp³-hybridized carbons (Fsp3) is 0.150. The number of carboxylic acids is 1. The van der Waals surface area contributed by atoms with Gasteiger partial charge in [0.05, 0.1) is 13.0 Å². The first-order valence-corrected chi connectivity index (χ1v) is 9.03. The van der Waals surface area contributed by atoms with E-state index in [1.54, 1.807) is 24.3 Å². The van der Waals surface area contributed by atoms with Crippen molar-refractivity contribution in [3.8, 4) is 5.88 Å². The third-order valence-electron chi connectivity index (χ3n) is 3.90. The Morgan fingerprint density at radius 1 is 1.04 bits per heavy atom. The number of aliphatic carboxylic acids is 1.